The number of rotatable bonds is 4. The fourth-order valence-electron chi connectivity index (χ4n) is 3.78. The zero-order chi connectivity index (χ0) is 15.5. The first kappa shape index (κ1) is 15.7. The average Bonchev–Trinajstić information content (AvgIpc) is 3.05. The smallest absolute Gasteiger partial charge is 0.133 e. The minimum absolute atomic E-state index is 0.446. The molecule has 1 saturated heterocycles. The van der Waals surface area contributed by atoms with Crippen LogP contribution in [0.2, 0.25) is 0 Å². The summed E-state index contributed by atoms with van der Waals surface area (Å²) in [6.45, 7) is 4.49. The number of allylic oxidation sites excluding steroid dienone is 1. The van der Waals surface area contributed by atoms with Gasteiger partial charge in [0.05, 0.1) is 0 Å². The largest absolute Gasteiger partial charge is 0.374 e. The van der Waals surface area contributed by atoms with E-state index in [2.05, 4.69) is 29.8 Å². The van der Waals surface area contributed by atoms with Crippen LogP contribution in [0.4, 0.5) is 0 Å². The molecule has 1 aromatic rings. The first-order valence-corrected chi connectivity index (χ1v) is 8.50. The molecule has 0 saturated carbocycles. The lowest BCUT2D eigenvalue weighted by molar-refractivity contribution is -0.00678. The Kier molecular flexibility index (Phi) is 4.97. The molecule has 0 radical (unpaired) electrons. The average molecular weight is 300 g/mol. The molecular formula is C19H28N2O. The second kappa shape index (κ2) is 6.95. The fraction of sp³-hybridized carbons (Fsp3) is 0.579. The van der Waals surface area contributed by atoms with Gasteiger partial charge in [0.2, 0.25) is 0 Å². The number of likely N-dealkylation sites (N-methyl/N-ethyl adjacent to an activating group) is 1. The molecule has 3 unspecified atom stereocenters. The number of likely N-dealkylation sites (tertiary alicyclic amines) is 1. The van der Waals surface area contributed by atoms with Gasteiger partial charge in [-0.3, -0.25) is 9.80 Å². The number of aliphatic hydroxyl groups excluding tert-OH is 1. The minimum Gasteiger partial charge on any atom is -0.374 e. The Balaban J connectivity index is 1.58. The molecule has 1 aromatic carbocycles. The van der Waals surface area contributed by atoms with E-state index in [0.717, 1.165) is 25.1 Å². The first-order valence-electron chi connectivity index (χ1n) is 8.50. The van der Waals surface area contributed by atoms with Gasteiger partial charge in [0.25, 0.3) is 0 Å². The van der Waals surface area contributed by atoms with Crippen LogP contribution < -0.4 is 0 Å². The van der Waals surface area contributed by atoms with E-state index in [9.17, 15) is 5.11 Å². The summed E-state index contributed by atoms with van der Waals surface area (Å²) in [4.78, 5) is 4.76. The molecule has 3 heteroatoms. The Bertz CT molecular complexity index is 513. The molecule has 1 heterocycles. The van der Waals surface area contributed by atoms with E-state index >= 15 is 0 Å². The molecule has 1 aliphatic heterocycles. The quantitative estimate of drug-likeness (QED) is 0.683. The normalized spacial score (nSPS) is 27.9. The Morgan fingerprint density at radius 2 is 2.00 bits per heavy atom. The maximum absolute atomic E-state index is 10.6. The van der Waals surface area contributed by atoms with Crippen molar-refractivity contribution in [1.29, 1.82) is 0 Å². The van der Waals surface area contributed by atoms with E-state index in [1.165, 1.54) is 19.3 Å². The van der Waals surface area contributed by atoms with Gasteiger partial charge in [-0.15, -0.1) is 0 Å². The van der Waals surface area contributed by atoms with Crippen LogP contribution in [0.5, 0.6) is 0 Å². The highest BCUT2D eigenvalue weighted by atomic mass is 16.3. The SMILES string of the molecule is CC1=CCC(N2CCC(N(C)C(O)c3ccccc3)C2)CC1. The lowest BCUT2D eigenvalue weighted by Crippen LogP contribution is -2.40. The summed E-state index contributed by atoms with van der Waals surface area (Å²) in [5.74, 6) is 0. The van der Waals surface area contributed by atoms with Gasteiger partial charge in [-0.05, 0) is 45.2 Å². The number of aliphatic hydroxyl groups is 1. The summed E-state index contributed by atoms with van der Waals surface area (Å²) in [5.41, 5.74) is 2.53. The Labute approximate surface area is 134 Å². The van der Waals surface area contributed by atoms with Gasteiger partial charge in [-0.25, -0.2) is 0 Å². The molecule has 1 N–H and O–H groups in total. The van der Waals surface area contributed by atoms with Crippen LogP contribution in [-0.4, -0.2) is 47.1 Å². The maximum atomic E-state index is 10.6. The second-order valence-electron chi connectivity index (χ2n) is 6.87. The molecule has 2 aliphatic rings. The zero-order valence-corrected chi connectivity index (χ0v) is 13.8. The monoisotopic (exact) mass is 300 g/mol. The van der Waals surface area contributed by atoms with E-state index < -0.39 is 6.23 Å². The summed E-state index contributed by atoms with van der Waals surface area (Å²) in [5, 5.41) is 10.6. The van der Waals surface area contributed by atoms with Crippen LogP contribution in [0, 0.1) is 0 Å². The second-order valence-corrected chi connectivity index (χ2v) is 6.87. The zero-order valence-electron chi connectivity index (χ0n) is 13.8. The predicted octanol–water partition coefficient (Wildman–Crippen LogP) is 3.18. The van der Waals surface area contributed by atoms with E-state index in [1.807, 2.05) is 30.3 Å². The van der Waals surface area contributed by atoms with Crippen LogP contribution in [0.25, 0.3) is 0 Å². The molecule has 3 rings (SSSR count). The molecular weight excluding hydrogens is 272 g/mol. The van der Waals surface area contributed by atoms with Crippen molar-refractivity contribution in [2.45, 2.75) is 50.9 Å². The van der Waals surface area contributed by atoms with Crippen molar-refractivity contribution in [3.8, 4) is 0 Å². The molecule has 120 valence electrons. The number of hydrogen-bond donors (Lipinski definition) is 1. The van der Waals surface area contributed by atoms with Crippen LogP contribution in [0.3, 0.4) is 0 Å². The van der Waals surface area contributed by atoms with Crippen molar-refractivity contribution in [3.05, 3.63) is 47.5 Å². The first-order chi connectivity index (χ1) is 10.6. The van der Waals surface area contributed by atoms with Gasteiger partial charge < -0.3 is 5.11 Å². The van der Waals surface area contributed by atoms with Crippen molar-refractivity contribution < 1.29 is 5.11 Å². The van der Waals surface area contributed by atoms with Crippen molar-refractivity contribution >= 4 is 0 Å². The van der Waals surface area contributed by atoms with Crippen LogP contribution in [-0.2, 0) is 0 Å². The van der Waals surface area contributed by atoms with Gasteiger partial charge in [-0.1, -0.05) is 42.0 Å². The third kappa shape index (κ3) is 3.43. The lowest BCUT2D eigenvalue weighted by atomic mass is 9.95. The van der Waals surface area contributed by atoms with Gasteiger partial charge in [0.1, 0.15) is 6.23 Å². The molecule has 1 fully saturated rings. The standard InChI is InChI=1S/C19H28N2O/c1-15-8-10-17(11-9-15)21-13-12-18(14-21)20(2)19(22)16-6-4-3-5-7-16/h3-8,17-19,22H,9-14H2,1-2H3. The Morgan fingerprint density at radius 1 is 1.23 bits per heavy atom. The molecule has 0 aromatic heterocycles. The van der Waals surface area contributed by atoms with Crippen molar-refractivity contribution in [2.24, 2.45) is 0 Å². The molecule has 3 atom stereocenters. The highest BCUT2D eigenvalue weighted by molar-refractivity contribution is 5.17. The van der Waals surface area contributed by atoms with E-state index in [1.54, 1.807) is 5.57 Å². The summed E-state index contributed by atoms with van der Waals surface area (Å²) in [7, 11) is 2.05. The Hall–Kier alpha value is -1.16. The molecule has 0 spiro atoms. The van der Waals surface area contributed by atoms with Crippen LogP contribution in [0.1, 0.15) is 44.4 Å². The summed E-state index contributed by atoms with van der Waals surface area (Å²) in [6.07, 6.45) is 6.79. The highest BCUT2D eigenvalue weighted by Gasteiger charge is 2.32. The minimum atomic E-state index is -0.500. The van der Waals surface area contributed by atoms with E-state index in [4.69, 9.17) is 0 Å². The summed E-state index contributed by atoms with van der Waals surface area (Å²) in [6, 6.07) is 11.1. The molecule has 0 amide bonds. The van der Waals surface area contributed by atoms with Gasteiger partial charge in [0.15, 0.2) is 0 Å². The van der Waals surface area contributed by atoms with Gasteiger partial charge >= 0.3 is 0 Å². The highest BCUT2D eigenvalue weighted by Crippen LogP contribution is 2.28. The van der Waals surface area contributed by atoms with Gasteiger partial charge in [0, 0.05) is 25.2 Å². The lowest BCUT2D eigenvalue weighted by Gasteiger charge is -2.33. The molecule has 3 nitrogen and oxygen atoms in total. The summed E-state index contributed by atoms with van der Waals surface area (Å²) < 4.78 is 0. The topological polar surface area (TPSA) is 26.7 Å². The van der Waals surface area contributed by atoms with Crippen LogP contribution in [0.15, 0.2) is 42.0 Å². The van der Waals surface area contributed by atoms with Crippen molar-refractivity contribution in [2.75, 3.05) is 20.1 Å². The van der Waals surface area contributed by atoms with Gasteiger partial charge in [-0.2, -0.15) is 0 Å². The molecule has 0 bridgehead atoms. The molecule has 1 aliphatic carbocycles. The predicted molar refractivity (Wildman–Crippen MR) is 90.5 cm³/mol. The summed E-state index contributed by atoms with van der Waals surface area (Å²) >= 11 is 0. The number of hydrogen-bond acceptors (Lipinski definition) is 3. The van der Waals surface area contributed by atoms with Crippen LogP contribution >= 0.6 is 0 Å². The van der Waals surface area contributed by atoms with Crippen molar-refractivity contribution in [1.82, 2.24) is 9.80 Å². The Morgan fingerprint density at radius 3 is 2.68 bits per heavy atom. The third-order valence-electron chi connectivity index (χ3n) is 5.38. The van der Waals surface area contributed by atoms with E-state index in [-0.39, 0.29) is 0 Å². The molecule has 22 heavy (non-hydrogen) atoms. The third-order valence-corrected chi connectivity index (χ3v) is 5.38. The maximum Gasteiger partial charge on any atom is 0.133 e. The fourth-order valence-corrected chi connectivity index (χ4v) is 3.78. The number of benzene rings is 1. The van der Waals surface area contributed by atoms with E-state index in [0.29, 0.717) is 12.1 Å². The van der Waals surface area contributed by atoms with Crippen molar-refractivity contribution in [3.63, 3.8) is 0 Å². The number of nitrogens with zero attached hydrogens (tertiary/aromatic N) is 2.